The van der Waals surface area contributed by atoms with Gasteiger partial charge < -0.3 is 0 Å². The van der Waals surface area contributed by atoms with Gasteiger partial charge in [0.1, 0.15) is 0 Å². The molecule has 1 rings (SSSR count). The van der Waals surface area contributed by atoms with Crippen LogP contribution in [0.2, 0.25) is 0 Å². The first kappa shape index (κ1) is 18.7. The standard InChI is InChI=1S/C4F8.CH4.H2O3S/c5-1(6)2(7,8)4(11,12)3(1,9)10;;1-4(2)3/h;1H4;4H,(H,1,2,3). The first-order chi connectivity index (χ1) is 6.73. The lowest BCUT2D eigenvalue weighted by Gasteiger charge is -2.49. The molecule has 17 heavy (non-hydrogen) atoms. The molecule has 3 nitrogen and oxygen atoms in total. The Morgan fingerprint density at radius 3 is 0.765 bits per heavy atom. The van der Waals surface area contributed by atoms with Crippen molar-refractivity contribution in [3.05, 3.63) is 0 Å². The first-order valence-corrected chi connectivity index (χ1v) is 4.21. The fourth-order valence-electron chi connectivity index (χ4n) is 0.726. The van der Waals surface area contributed by atoms with Crippen molar-refractivity contribution in [3.63, 3.8) is 0 Å². The zero-order valence-corrected chi connectivity index (χ0v) is 7.63. The van der Waals surface area contributed by atoms with Crippen LogP contribution in [0.15, 0.2) is 0 Å². The molecule has 0 amide bonds. The summed E-state index contributed by atoms with van der Waals surface area (Å²) >= 11 is 0. The second-order valence-corrected chi connectivity index (χ2v) is 3.01. The van der Waals surface area contributed by atoms with Gasteiger partial charge >= 0.3 is 23.7 Å². The van der Waals surface area contributed by atoms with Gasteiger partial charge in [0, 0.05) is 0 Å². The molecule has 0 aromatic heterocycles. The maximum absolute atomic E-state index is 11.6. The van der Waals surface area contributed by atoms with E-state index in [9.17, 15) is 35.1 Å². The molecule has 106 valence electrons. The summed E-state index contributed by atoms with van der Waals surface area (Å²) in [5.74, 6) is -23.9. The summed E-state index contributed by atoms with van der Waals surface area (Å²) < 4.78 is 117. The van der Waals surface area contributed by atoms with Gasteiger partial charge in [-0.2, -0.15) is 35.1 Å². The number of thiol groups is 1. The van der Waals surface area contributed by atoms with Gasteiger partial charge in [0.25, 0.3) is 11.0 Å². The lowest BCUT2D eigenvalue weighted by molar-refractivity contribution is -0.506. The second-order valence-electron chi connectivity index (χ2n) is 2.54. The maximum atomic E-state index is 11.6. The number of alkyl halides is 8. The molecular formula is C5H6F8O3S. The van der Waals surface area contributed by atoms with E-state index in [0.717, 1.165) is 0 Å². The van der Waals surface area contributed by atoms with Gasteiger partial charge in [-0.15, -0.1) is 0 Å². The molecular weight excluding hydrogens is 292 g/mol. The van der Waals surface area contributed by atoms with E-state index in [0.29, 0.717) is 0 Å². The Bertz CT molecular complexity index is 277. The highest BCUT2D eigenvalue weighted by molar-refractivity contribution is 7.66. The number of rotatable bonds is 0. The van der Waals surface area contributed by atoms with Crippen LogP contribution >= 0.6 is 0 Å². The fourth-order valence-corrected chi connectivity index (χ4v) is 0.726. The quantitative estimate of drug-likeness (QED) is 0.410. The van der Waals surface area contributed by atoms with Crippen LogP contribution in [0.4, 0.5) is 35.1 Å². The molecule has 1 saturated carbocycles. The smallest absolute Gasteiger partial charge is 0.288 e. The van der Waals surface area contributed by atoms with E-state index >= 15 is 0 Å². The van der Waals surface area contributed by atoms with Gasteiger partial charge in [0.05, 0.1) is 0 Å². The highest BCUT2D eigenvalue weighted by Crippen LogP contribution is 2.69. The largest absolute Gasteiger partial charge is 0.385 e. The molecule has 0 heterocycles. The van der Waals surface area contributed by atoms with Gasteiger partial charge in [0.2, 0.25) is 0 Å². The molecule has 0 radical (unpaired) electrons. The van der Waals surface area contributed by atoms with Crippen LogP contribution in [-0.2, 0) is 11.0 Å². The topological polar surface area (TPSA) is 54.4 Å². The minimum atomic E-state index is -5.97. The van der Waals surface area contributed by atoms with Crippen molar-refractivity contribution in [1.29, 1.82) is 0 Å². The average molecular weight is 298 g/mol. The maximum Gasteiger partial charge on any atom is 0.385 e. The average Bonchev–Trinajstić information content (AvgIpc) is 2.00. The predicted molar refractivity (Wildman–Crippen MR) is 39.5 cm³/mol. The van der Waals surface area contributed by atoms with E-state index in [1.807, 2.05) is 0 Å². The van der Waals surface area contributed by atoms with Crippen LogP contribution < -0.4 is 0 Å². The summed E-state index contributed by atoms with van der Waals surface area (Å²) in [6.07, 6.45) is 0. The SMILES string of the molecule is C.FC1(F)C(F)(F)C(F)(F)C1(F)F.O=[SH](=O)O. The van der Waals surface area contributed by atoms with Crippen molar-refractivity contribution in [2.45, 2.75) is 31.1 Å². The molecule has 1 fully saturated rings. The zero-order chi connectivity index (χ0) is 13.6. The molecule has 12 heteroatoms. The zero-order valence-electron chi connectivity index (χ0n) is 6.73. The summed E-state index contributed by atoms with van der Waals surface area (Å²) in [5.41, 5.74) is 0. The predicted octanol–water partition coefficient (Wildman–Crippen LogP) is 2.25. The number of halogens is 8. The van der Waals surface area contributed by atoms with Crippen molar-refractivity contribution < 1.29 is 48.1 Å². The molecule has 1 aliphatic carbocycles. The minimum Gasteiger partial charge on any atom is -0.288 e. The summed E-state index contributed by atoms with van der Waals surface area (Å²) in [4.78, 5) is 0. The van der Waals surface area contributed by atoms with Crippen molar-refractivity contribution in [2.24, 2.45) is 0 Å². The molecule has 0 aliphatic heterocycles. The Hall–Kier alpha value is -0.650. The van der Waals surface area contributed by atoms with E-state index in [1.165, 1.54) is 0 Å². The lowest BCUT2D eigenvalue weighted by atomic mass is 9.80. The highest BCUT2D eigenvalue weighted by atomic mass is 32.2. The normalized spacial score (nSPS) is 26.0. The van der Waals surface area contributed by atoms with Gasteiger partial charge in [-0.25, -0.2) is 8.42 Å². The second kappa shape index (κ2) is 4.55. The van der Waals surface area contributed by atoms with E-state index in [1.54, 1.807) is 0 Å². The summed E-state index contributed by atoms with van der Waals surface area (Å²) in [7, 11) is -3.12. The van der Waals surface area contributed by atoms with Crippen LogP contribution in [0.1, 0.15) is 7.43 Å². The fraction of sp³-hybridized carbons (Fsp3) is 1.00. The lowest BCUT2D eigenvalue weighted by Crippen LogP contribution is -2.82. The van der Waals surface area contributed by atoms with Gasteiger partial charge in [0.15, 0.2) is 0 Å². The van der Waals surface area contributed by atoms with Gasteiger partial charge in [-0.05, 0) is 0 Å². The minimum absolute atomic E-state index is 0. The molecule has 0 aromatic carbocycles. The Labute approximate surface area is 91.2 Å². The van der Waals surface area contributed by atoms with Crippen LogP contribution in [0.25, 0.3) is 0 Å². The third kappa shape index (κ3) is 2.19. The van der Waals surface area contributed by atoms with E-state index in [-0.39, 0.29) is 7.43 Å². The Kier molecular flexibility index (Phi) is 5.01. The molecule has 1 N–H and O–H groups in total. The van der Waals surface area contributed by atoms with Crippen LogP contribution in [0.3, 0.4) is 0 Å². The molecule has 0 atom stereocenters. The van der Waals surface area contributed by atoms with E-state index in [4.69, 9.17) is 13.0 Å². The summed E-state index contributed by atoms with van der Waals surface area (Å²) in [6, 6.07) is 0. The van der Waals surface area contributed by atoms with Gasteiger partial charge in [-0.1, -0.05) is 7.43 Å². The molecule has 0 spiro atoms. The third-order valence-electron chi connectivity index (χ3n) is 1.58. The van der Waals surface area contributed by atoms with E-state index < -0.39 is 34.7 Å². The molecule has 0 aromatic rings. The van der Waals surface area contributed by atoms with Gasteiger partial charge in [-0.3, -0.25) is 4.55 Å². The summed E-state index contributed by atoms with van der Waals surface area (Å²) in [5, 5.41) is 0. The monoisotopic (exact) mass is 298 g/mol. The highest BCUT2D eigenvalue weighted by Gasteiger charge is 3.01. The number of hydrogen-bond donors (Lipinski definition) is 2. The summed E-state index contributed by atoms with van der Waals surface area (Å²) in [6.45, 7) is 0. The Balaban J connectivity index is 0. The number of hydrogen-bond acceptors (Lipinski definition) is 2. The van der Waals surface area contributed by atoms with Crippen molar-refractivity contribution in [3.8, 4) is 0 Å². The first-order valence-electron chi connectivity index (χ1n) is 3.08. The van der Waals surface area contributed by atoms with Crippen LogP contribution in [0.5, 0.6) is 0 Å². The molecule has 1 aliphatic rings. The van der Waals surface area contributed by atoms with Crippen LogP contribution in [-0.4, -0.2) is 36.7 Å². The molecule has 0 bridgehead atoms. The molecule has 0 saturated heterocycles. The van der Waals surface area contributed by atoms with E-state index in [2.05, 4.69) is 0 Å². The molecule has 0 unspecified atom stereocenters. The van der Waals surface area contributed by atoms with Crippen molar-refractivity contribution in [1.82, 2.24) is 0 Å². The Morgan fingerprint density at radius 2 is 0.706 bits per heavy atom. The van der Waals surface area contributed by atoms with Crippen molar-refractivity contribution >= 4 is 11.0 Å². The Morgan fingerprint density at radius 1 is 0.647 bits per heavy atom. The van der Waals surface area contributed by atoms with Crippen molar-refractivity contribution in [2.75, 3.05) is 0 Å². The third-order valence-corrected chi connectivity index (χ3v) is 1.58. The van der Waals surface area contributed by atoms with Crippen LogP contribution in [0, 0.1) is 0 Å².